The molecular weight excluding hydrogens is 338 g/mol. The van der Waals surface area contributed by atoms with Gasteiger partial charge in [-0.25, -0.2) is 4.68 Å². The smallest absolute Gasteiger partial charge is 0.258 e. The van der Waals surface area contributed by atoms with Crippen LogP contribution in [0, 0.1) is 12.3 Å². The number of hydrogen-bond donors (Lipinski definition) is 3. The molecule has 0 bridgehead atoms. The van der Waals surface area contributed by atoms with Gasteiger partial charge in [-0.15, -0.1) is 11.3 Å². The molecule has 1 aliphatic rings. The van der Waals surface area contributed by atoms with Crippen LogP contribution in [0.15, 0.2) is 12.3 Å². The zero-order valence-corrected chi connectivity index (χ0v) is 15.7. The molecule has 0 spiro atoms. The molecule has 7 nitrogen and oxygen atoms in total. The van der Waals surface area contributed by atoms with Crippen molar-refractivity contribution < 1.29 is 9.59 Å². The number of thiophene rings is 1. The minimum Gasteiger partial charge on any atom is -0.368 e. The second-order valence-electron chi connectivity index (χ2n) is 7.17. The summed E-state index contributed by atoms with van der Waals surface area (Å²) in [7, 11) is 0. The molecule has 0 unspecified atom stereocenters. The summed E-state index contributed by atoms with van der Waals surface area (Å²) >= 11 is 1.40. The van der Waals surface area contributed by atoms with Crippen molar-refractivity contribution in [3.63, 3.8) is 0 Å². The number of carbonyl (C=O) groups is 2. The summed E-state index contributed by atoms with van der Waals surface area (Å²) in [4.78, 5) is 26.0. The summed E-state index contributed by atoms with van der Waals surface area (Å²) in [5, 5.41) is 13.9. The van der Waals surface area contributed by atoms with E-state index in [0.29, 0.717) is 16.3 Å². The van der Waals surface area contributed by atoms with Gasteiger partial charge in [0.2, 0.25) is 5.91 Å². The number of amides is 2. The lowest BCUT2D eigenvalue weighted by molar-refractivity contribution is -0.123. The zero-order chi connectivity index (χ0) is 18.2. The maximum absolute atomic E-state index is 12.7. The van der Waals surface area contributed by atoms with E-state index in [4.69, 9.17) is 0 Å². The van der Waals surface area contributed by atoms with E-state index in [2.05, 4.69) is 21.0 Å². The lowest BCUT2D eigenvalue weighted by Gasteiger charge is -2.18. The monoisotopic (exact) mass is 361 g/mol. The lowest BCUT2D eigenvalue weighted by Crippen LogP contribution is -2.28. The molecule has 3 rings (SSSR count). The first-order chi connectivity index (χ1) is 11.8. The molecule has 3 heterocycles. The third-order valence-corrected chi connectivity index (χ3v) is 4.90. The molecule has 25 heavy (non-hydrogen) atoms. The Balaban J connectivity index is 1.81. The van der Waals surface area contributed by atoms with Crippen molar-refractivity contribution >= 4 is 39.7 Å². The number of aryl methyl sites for hydroxylation is 2. The van der Waals surface area contributed by atoms with Gasteiger partial charge in [0, 0.05) is 23.4 Å². The molecule has 3 N–H and O–H groups in total. The normalized spacial score (nSPS) is 13.8. The molecule has 0 saturated heterocycles. The van der Waals surface area contributed by atoms with Gasteiger partial charge in [-0.05, 0) is 19.4 Å². The molecule has 0 radical (unpaired) electrons. The average Bonchev–Trinajstić information content (AvgIpc) is 3.10. The molecule has 0 aromatic carbocycles. The van der Waals surface area contributed by atoms with Crippen LogP contribution in [-0.2, 0) is 11.3 Å². The Morgan fingerprint density at radius 3 is 2.80 bits per heavy atom. The molecular formula is C17H23N5O2S. The Kier molecular flexibility index (Phi) is 4.55. The molecule has 0 fully saturated rings. The van der Waals surface area contributed by atoms with Crippen LogP contribution in [0.5, 0.6) is 0 Å². The van der Waals surface area contributed by atoms with E-state index in [0.717, 1.165) is 30.2 Å². The van der Waals surface area contributed by atoms with Crippen LogP contribution in [0.4, 0.5) is 16.5 Å². The fourth-order valence-electron chi connectivity index (χ4n) is 2.52. The third-order valence-electron chi connectivity index (χ3n) is 3.93. The van der Waals surface area contributed by atoms with E-state index in [9.17, 15) is 9.59 Å². The van der Waals surface area contributed by atoms with Gasteiger partial charge < -0.3 is 16.0 Å². The number of aromatic nitrogens is 2. The molecule has 0 atom stereocenters. The van der Waals surface area contributed by atoms with Gasteiger partial charge in [0.1, 0.15) is 16.5 Å². The Labute approximate surface area is 150 Å². The SMILES string of the molecule is Cc1cc(C(=O)Nc2cnn3c2NCCC3)c(NC(=O)C(C)(C)C)s1. The van der Waals surface area contributed by atoms with Gasteiger partial charge in [-0.2, -0.15) is 5.10 Å². The fraction of sp³-hybridized carbons (Fsp3) is 0.471. The van der Waals surface area contributed by atoms with Gasteiger partial charge in [0.25, 0.3) is 5.91 Å². The van der Waals surface area contributed by atoms with Crippen molar-refractivity contribution in [1.29, 1.82) is 0 Å². The van der Waals surface area contributed by atoms with Crippen molar-refractivity contribution in [3.8, 4) is 0 Å². The summed E-state index contributed by atoms with van der Waals surface area (Å²) in [5.74, 6) is 0.455. The lowest BCUT2D eigenvalue weighted by atomic mass is 9.96. The quantitative estimate of drug-likeness (QED) is 0.783. The molecule has 2 aromatic rings. The Bertz CT molecular complexity index is 816. The topological polar surface area (TPSA) is 88.1 Å². The van der Waals surface area contributed by atoms with Crippen molar-refractivity contribution in [2.75, 3.05) is 22.5 Å². The predicted octanol–water partition coefficient (Wildman–Crippen LogP) is 3.31. The van der Waals surface area contributed by atoms with Crippen LogP contribution < -0.4 is 16.0 Å². The highest BCUT2D eigenvalue weighted by molar-refractivity contribution is 7.16. The van der Waals surface area contributed by atoms with Crippen LogP contribution in [0.1, 0.15) is 42.4 Å². The van der Waals surface area contributed by atoms with Crippen LogP contribution in [0.25, 0.3) is 0 Å². The van der Waals surface area contributed by atoms with E-state index in [1.54, 1.807) is 12.3 Å². The number of fused-ring (bicyclic) bond motifs is 1. The van der Waals surface area contributed by atoms with Crippen molar-refractivity contribution in [3.05, 3.63) is 22.7 Å². The Morgan fingerprint density at radius 2 is 2.08 bits per heavy atom. The van der Waals surface area contributed by atoms with E-state index >= 15 is 0 Å². The van der Waals surface area contributed by atoms with Crippen LogP contribution in [0.3, 0.4) is 0 Å². The van der Waals surface area contributed by atoms with E-state index in [1.807, 2.05) is 32.4 Å². The fourth-order valence-corrected chi connectivity index (χ4v) is 3.43. The summed E-state index contributed by atoms with van der Waals surface area (Å²) in [6.45, 7) is 9.13. The molecule has 134 valence electrons. The maximum Gasteiger partial charge on any atom is 0.258 e. The Hall–Kier alpha value is -2.35. The number of nitrogens with one attached hydrogen (secondary N) is 3. The van der Waals surface area contributed by atoms with Gasteiger partial charge in [0.15, 0.2) is 0 Å². The minimum absolute atomic E-state index is 0.118. The zero-order valence-electron chi connectivity index (χ0n) is 14.9. The number of anilines is 3. The predicted molar refractivity (Wildman–Crippen MR) is 100 cm³/mol. The average molecular weight is 361 g/mol. The van der Waals surface area contributed by atoms with E-state index in [-0.39, 0.29) is 11.8 Å². The van der Waals surface area contributed by atoms with Gasteiger partial charge in [0.05, 0.1) is 11.8 Å². The Morgan fingerprint density at radius 1 is 1.32 bits per heavy atom. The number of rotatable bonds is 3. The highest BCUT2D eigenvalue weighted by Gasteiger charge is 2.25. The van der Waals surface area contributed by atoms with E-state index < -0.39 is 5.41 Å². The number of nitrogens with zero attached hydrogens (tertiary/aromatic N) is 2. The van der Waals surface area contributed by atoms with Gasteiger partial charge in [-0.3, -0.25) is 9.59 Å². The highest BCUT2D eigenvalue weighted by Crippen LogP contribution is 2.31. The van der Waals surface area contributed by atoms with Gasteiger partial charge in [-0.1, -0.05) is 20.8 Å². The molecule has 2 aromatic heterocycles. The van der Waals surface area contributed by atoms with Crippen LogP contribution >= 0.6 is 11.3 Å². The third kappa shape index (κ3) is 3.68. The summed E-state index contributed by atoms with van der Waals surface area (Å²) in [6, 6.07) is 1.79. The van der Waals surface area contributed by atoms with Gasteiger partial charge >= 0.3 is 0 Å². The molecule has 2 amide bonds. The van der Waals surface area contributed by atoms with Crippen molar-refractivity contribution in [1.82, 2.24) is 9.78 Å². The second-order valence-corrected chi connectivity index (χ2v) is 8.42. The summed E-state index contributed by atoms with van der Waals surface area (Å²) in [5.41, 5.74) is 0.596. The summed E-state index contributed by atoms with van der Waals surface area (Å²) in [6.07, 6.45) is 2.66. The summed E-state index contributed by atoms with van der Waals surface area (Å²) < 4.78 is 1.85. The van der Waals surface area contributed by atoms with Crippen LogP contribution in [-0.4, -0.2) is 28.1 Å². The molecule has 8 heteroatoms. The first kappa shape index (κ1) is 17.5. The van der Waals surface area contributed by atoms with Crippen LogP contribution in [0.2, 0.25) is 0 Å². The minimum atomic E-state index is -0.527. The van der Waals surface area contributed by atoms with Crippen molar-refractivity contribution in [2.45, 2.75) is 40.7 Å². The largest absolute Gasteiger partial charge is 0.368 e. The molecule has 1 aliphatic heterocycles. The standard InChI is InChI=1S/C17H23N5O2S/c1-10-8-11(15(25-10)21-16(24)17(2,3)4)14(23)20-12-9-19-22-7-5-6-18-13(12)22/h8-9,18H,5-7H2,1-4H3,(H,20,23)(H,21,24). The molecule has 0 aliphatic carbocycles. The number of carbonyl (C=O) groups excluding carboxylic acids is 2. The first-order valence-electron chi connectivity index (χ1n) is 8.28. The first-order valence-corrected chi connectivity index (χ1v) is 9.10. The highest BCUT2D eigenvalue weighted by atomic mass is 32.1. The molecule has 0 saturated carbocycles. The van der Waals surface area contributed by atoms with E-state index in [1.165, 1.54) is 11.3 Å². The second kappa shape index (κ2) is 6.51. The number of hydrogen-bond acceptors (Lipinski definition) is 5. The van der Waals surface area contributed by atoms with Crippen molar-refractivity contribution in [2.24, 2.45) is 5.41 Å². The maximum atomic E-state index is 12.7.